The average molecular weight is 343 g/mol. The molecule has 0 aromatic carbocycles. The molecule has 6 atom stereocenters. The van der Waals surface area contributed by atoms with Gasteiger partial charge < -0.3 is 4.43 Å². The van der Waals surface area contributed by atoms with Gasteiger partial charge in [0.25, 0.3) is 0 Å². The van der Waals surface area contributed by atoms with Crippen molar-refractivity contribution >= 4 is 30.0 Å². The van der Waals surface area contributed by atoms with Crippen molar-refractivity contribution in [1.82, 2.24) is 0 Å². The highest BCUT2D eigenvalue weighted by molar-refractivity contribution is 9.10. The summed E-state index contributed by atoms with van der Waals surface area (Å²) >= 11 is 3.89. The number of fused-ring (bicyclic) bond motifs is 1. The maximum Gasteiger partial charge on any atom is 0.184 e. The van der Waals surface area contributed by atoms with Crippen molar-refractivity contribution in [1.29, 1.82) is 0 Å². The Morgan fingerprint density at radius 1 is 1.32 bits per heavy atom. The lowest BCUT2D eigenvalue weighted by atomic mass is 9.66. The molecule has 2 nitrogen and oxygen atoms in total. The molecule has 4 bridgehead atoms. The van der Waals surface area contributed by atoms with Crippen LogP contribution in [0.4, 0.5) is 0 Å². The van der Waals surface area contributed by atoms with Crippen LogP contribution in [0, 0.1) is 23.2 Å². The summed E-state index contributed by atoms with van der Waals surface area (Å²) in [5, 5.41) is 0. The molecule has 0 amide bonds. The summed E-state index contributed by atoms with van der Waals surface area (Å²) in [6, 6.07) is 0. The van der Waals surface area contributed by atoms with E-state index in [9.17, 15) is 4.79 Å². The standard InChI is InChI=1S/C15H23BrO2Si/c1-13-7-9-8-15(9,18-19(2,3)4)11-10(13)5-6-14(11,16)12(13)17/h9-11H,5-8H2,1-4H3/t9-,10-,11-,13+,14-,15-/m0/s1. The van der Waals surface area contributed by atoms with Gasteiger partial charge in [-0.15, -0.1) is 0 Å². The van der Waals surface area contributed by atoms with Crippen LogP contribution in [0.25, 0.3) is 0 Å². The van der Waals surface area contributed by atoms with E-state index in [2.05, 4.69) is 42.5 Å². The van der Waals surface area contributed by atoms with E-state index < -0.39 is 8.32 Å². The number of carbonyl (C=O) groups is 1. The normalized spacial score (nSPS) is 58.4. The van der Waals surface area contributed by atoms with E-state index in [0.29, 0.717) is 23.5 Å². The number of Topliss-reactive ketones (excluding diaryl/α,β-unsaturated/α-hetero) is 1. The fourth-order valence-electron chi connectivity index (χ4n) is 5.79. The van der Waals surface area contributed by atoms with Crippen molar-refractivity contribution in [2.75, 3.05) is 0 Å². The molecule has 0 heterocycles. The highest BCUT2D eigenvalue weighted by Crippen LogP contribution is 2.78. The summed E-state index contributed by atoms with van der Waals surface area (Å²) in [5.74, 6) is 2.15. The smallest absolute Gasteiger partial charge is 0.184 e. The molecule has 0 saturated heterocycles. The van der Waals surface area contributed by atoms with Crippen molar-refractivity contribution in [3.8, 4) is 0 Å². The number of hydrogen-bond donors (Lipinski definition) is 0. The van der Waals surface area contributed by atoms with Gasteiger partial charge in [0.2, 0.25) is 0 Å². The Morgan fingerprint density at radius 3 is 2.63 bits per heavy atom. The molecular formula is C15H23BrO2Si. The van der Waals surface area contributed by atoms with Crippen LogP contribution in [0.2, 0.25) is 19.6 Å². The number of halogens is 1. The first kappa shape index (κ1) is 13.0. The Hall–Kier alpha value is 0.327. The van der Waals surface area contributed by atoms with E-state index in [1.807, 2.05) is 0 Å². The molecule has 0 spiro atoms. The minimum absolute atomic E-state index is 0.0557. The number of ketones is 1. The molecule has 0 aromatic rings. The van der Waals surface area contributed by atoms with Gasteiger partial charge in [-0.05, 0) is 57.2 Å². The van der Waals surface area contributed by atoms with Crippen LogP contribution < -0.4 is 0 Å². The average Bonchev–Trinajstić information content (AvgIpc) is 2.73. The highest BCUT2D eigenvalue weighted by Gasteiger charge is 2.82. The van der Waals surface area contributed by atoms with Gasteiger partial charge in [0.15, 0.2) is 14.1 Å². The predicted octanol–water partition coefficient (Wildman–Crippen LogP) is 3.75. The van der Waals surface area contributed by atoms with Crippen LogP contribution in [-0.4, -0.2) is 24.0 Å². The van der Waals surface area contributed by atoms with Gasteiger partial charge in [0.1, 0.15) is 0 Å². The zero-order chi connectivity index (χ0) is 13.8. The van der Waals surface area contributed by atoms with Crippen molar-refractivity contribution in [3.63, 3.8) is 0 Å². The summed E-state index contributed by atoms with van der Waals surface area (Å²) in [7, 11) is -1.56. The quantitative estimate of drug-likeness (QED) is 0.564. The van der Waals surface area contributed by atoms with Crippen molar-refractivity contribution < 1.29 is 9.22 Å². The van der Waals surface area contributed by atoms with E-state index in [-0.39, 0.29) is 15.3 Å². The molecule has 0 aliphatic heterocycles. The predicted molar refractivity (Wildman–Crippen MR) is 80.9 cm³/mol. The highest BCUT2D eigenvalue weighted by atomic mass is 79.9. The lowest BCUT2D eigenvalue weighted by Crippen LogP contribution is -2.47. The molecule has 4 fully saturated rings. The molecule has 0 N–H and O–H groups in total. The molecule has 106 valence electrons. The molecule has 4 heteroatoms. The molecule has 4 rings (SSSR count). The Labute approximate surface area is 124 Å². The summed E-state index contributed by atoms with van der Waals surface area (Å²) in [6.45, 7) is 9.07. The Morgan fingerprint density at radius 2 is 2.00 bits per heavy atom. The summed E-state index contributed by atoms with van der Waals surface area (Å²) in [4.78, 5) is 12.9. The summed E-state index contributed by atoms with van der Waals surface area (Å²) < 4.78 is 6.41. The van der Waals surface area contributed by atoms with Gasteiger partial charge in [0.05, 0.1) is 9.93 Å². The van der Waals surface area contributed by atoms with Crippen LogP contribution in [0.15, 0.2) is 0 Å². The minimum atomic E-state index is -1.56. The number of carbonyl (C=O) groups excluding carboxylic acids is 1. The Bertz CT molecular complexity index is 487. The van der Waals surface area contributed by atoms with E-state index in [4.69, 9.17) is 4.43 Å². The number of rotatable bonds is 2. The number of hydrogen-bond acceptors (Lipinski definition) is 2. The van der Waals surface area contributed by atoms with Gasteiger partial charge in [-0.25, -0.2) is 0 Å². The largest absolute Gasteiger partial charge is 0.411 e. The first-order valence-electron chi connectivity index (χ1n) is 7.57. The first-order valence-corrected chi connectivity index (χ1v) is 11.8. The van der Waals surface area contributed by atoms with Crippen molar-refractivity contribution in [2.45, 2.75) is 62.2 Å². The molecule has 0 radical (unpaired) electrons. The lowest BCUT2D eigenvalue weighted by molar-refractivity contribution is -0.130. The van der Waals surface area contributed by atoms with E-state index >= 15 is 0 Å². The molecular weight excluding hydrogens is 320 g/mol. The molecule has 4 aliphatic carbocycles. The Kier molecular flexibility index (Phi) is 2.21. The second-order valence-electron chi connectivity index (χ2n) is 8.51. The maximum absolute atomic E-state index is 12.9. The van der Waals surface area contributed by atoms with Crippen molar-refractivity contribution in [3.05, 3.63) is 0 Å². The third-order valence-corrected chi connectivity index (χ3v) is 8.46. The van der Waals surface area contributed by atoms with E-state index in [1.165, 1.54) is 12.8 Å². The van der Waals surface area contributed by atoms with Gasteiger partial charge in [-0.2, -0.15) is 0 Å². The summed E-state index contributed by atoms with van der Waals surface area (Å²) in [5.41, 5.74) is 0.000687. The van der Waals surface area contributed by atoms with Crippen LogP contribution in [0.3, 0.4) is 0 Å². The van der Waals surface area contributed by atoms with E-state index in [0.717, 1.165) is 12.8 Å². The SMILES string of the molecule is C[C@@]12C[C@H]3C[C@@]3(O[Si](C)(C)C)[C@H]3[C@@H]1CC[C@@]3(Br)C2=O. The maximum atomic E-state index is 12.9. The molecule has 0 unspecified atom stereocenters. The zero-order valence-electron chi connectivity index (χ0n) is 12.3. The van der Waals surface area contributed by atoms with Crippen LogP contribution in [-0.2, 0) is 9.22 Å². The van der Waals surface area contributed by atoms with Gasteiger partial charge in [0, 0.05) is 11.3 Å². The van der Waals surface area contributed by atoms with E-state index in [1.54, 1.807) is 0 Å². The second kappa shape index (κ2) is 3.22. The Balaban J connectivity index is 1.80. The molecule has 4 aliphatic rings. The minimum Gasteiger partial charge on any atom is -0.411 e. The van der Waals surface area contributed by atoms with Crippen LogP contribution in [0.1, 0.15) is 32.6 Å². The third-order valence-electron chi connectivity index (χ3n) is 6.22. The van der Waals surface area contributed by atoms with Crippen molar-refractivity contribution in [2.24, 2.45) is 23.2 Å². The number of alkyl halides is 1. The van der Waals surface area contributed by atoms with Crippen LogP contribution >= 0.6 is 15.9 Å². The van der Waals surface area contributed by atoms with Gasteiger partial charge in [-0.1, -0.05) is 22.9 Å². The molecule has 19 heavy (non-hydrogen) atoms. The second-order valence-corrected chi connectivity index (χ2v) is 14.4. The topological polar surface area (TPSA) is 26.3 Å². The lowest BCUT2D eigenvalue weighted by Gasteiger charge is -2.42. The fraction of sp³-hybridized carbons (Fsp3) is 0.933. The monoisotopic (exact) mass is 342 g/mol. The molecule has 4 saturated carbocycles. The first-order chi connectivity index (χ1) is 8.64. The zero-order valence-corrected chi connectivity index (χ0v) is 14.8. The fourth-order valence-corrected chi connectivity index (χ4v) is 8.69. The van der Waals surface area contributed by atoms with Gasteiger partial charge in [-0.3, -0.25) is 4.79 Å². The molecule has 0 aromatic heterocycles. The van der Waals surface area contributed by atoms with Crippen LogP contribution in [0.5, 0.6) is 0 Å². The van der Waals surface area contributed by atoms with Gasteiger partial charge >= 0.3 is 0 Å². The third kappa shape index (κ3) is 1.34. The summed E-state index contributed by atoms with van der Waals surface area (Å²) in [6.07, 6.45) is 4.52.